The van der Waals surface area contributed by atoms with E-state index in [0.29, 0.717) is 24.1 Å². The maximum atomic E-state index is 12.8. The molecule has 0 fully saturated rings. The molecule has 0 heterocycles. The van der Waals surface area contributed by atoms with E-state index >= 15 is 0 Å². The molecule has 2 unspecified atom stereocenters. The molecule has 2 atom stereocenters. The molecule has 0 rings (SSSR count). The Kier molecular flexibility index (Phi) is 45.7. The maximum absolute atomic E-state index is 12.8. The summed E-state index contributed by atoms with van der Waals surface area (Å²) in [5, 5.41) is 0. The van der Waals surface area contributed by atoms with Crippen LogP contribution in [0.5, 0.6) is 0 Å². The quantitative estimate of drug-likeness (QED) is 0.0281. The Balaban J connectivity index is 4.03. The Labute approximate surface area is 380 Å². The van der Waals surface area contributed by atoms with Gasteiger partial charge < -0.3 is 18.9 Å². The van der Waals surface area contributed by atoms with Crippen LogP contribution in [0, 0.1) is 0 Å². The van der Waals surface area contributed by atoms with Gasteiger partial charge in [0.05, 0.1) is 34.4 Å². The lowest BCUT2D eigenvalue weighted by atomic mass is 10.0. The van der Waals surface area contributed by atoms with E-state index in [1.54, 1.807) is 0 Å². The summed E-state index contributed by atoms with van der Waals surface area (Å²) in [4.78, 5) is 23.0. The number of quaternary nitrogens is 1. The number of ether oxygens (including phenoxy) is 2. The average Bonchev–Trinajstić information content (AvgIpc) is 3.22. The number of rotatable bonds is 51. The van der Waals surface area contributed by atoms with Gasteiger partial charge >= 0.3 is 13.8 Å². The van der Waals surface area contributed by atoms with Gasteiger partial charge in [-0.25, -0.2) is 4.57 Å². The zero-order valence-corrected chi connectivity index (χ0v) is 42.6. The van der Waals surface area contributed by atoms with Crippen LogP contribution in [0.1, 0.15) is 271 Å². The third kappa shape index (κ3) is 50.4. The molecular weight excluding hydrogens is 782 g/mol. The normalized spacial score (nSPS) is 13.5. The van der Waals surface area contributed by atoms with Gasteiger partial charge in [0.2, 0.25) is 0 Å². The molecule has 1 N–H and O–H groups in total. The van der Waals surface area contributed by atoms with Crippen molar-refractivity contribution in [3.63, 3.8) is 0 Å². The summed E-state index contributed by atoms with van der Waals surface area (Å²) in [7, 11) is 1.69. The third-order valence-electron chi connectivity index (χ3n) is 12.2. The lowest BCUT2D eigenvalue weighted by Crippen LogP contribution is -2.37. The van der Waals surface area contributed by atoms with E-state index in [1.165, 1.54) is 218 Å². The number of nitrogens with zero attached hydrogens (tertiary/aromatic N) is 1. The fraction of sp³-hybridized carbons (Fsp3) is 0.981. The smallest absolute Gasteiger partial charge is 0.457 e. The SMILES string of the molecule is CCCCCCCCCCCCCCCCCCCCCCCCCOCC(COP(=O)(O)OCC[N+](C)(C)C)OC(=O)CCCCCCCCCCCCCCCCCC. The molecule has 0 bridgehead atoms. The summed E-state index contributed by atoms with van der Waals surface area (Å²) in [6.45, 7) is 5.71. The van der Waals surface area contributed by atoms with Crippen molar-refractivity contribution in [2.75, 3.05) is 54.1 Å². The van der Waals surface area contributed by atoms with Gasteiger partial charge in [0.1, 0.15) is 19.3 Å². The van der Waals surface area contributed by atoms with Crippen molar-refractivity contribution >= 4 is 13.8 Å². The highest BCUT2D eigenvalue weighted by molar-refractivity contribution is 7.47. The molecule has 0 aliphatic heterocycles. The van der Waals surface area contributed by atoms with E-state index in [0.717, 1.165) is 32.1 Å². The van der Waals surface area contributed by atoms with Crippen molar-refractivity contribution in [2.24, 2.45) is 0 Å². The first-order valence-corrected chi connectivity index (χ1v) is 28.3. The van der Waals surface area contributed by atoms with Crippen LogP contribution in [0.15, 0.2) is 0 Å². The van der Waals surface area contributed by atoms with Crippen LogP contribution in [0.3, 0.4) is 0 Å². The molecule has 0 aliphatic carbocycles. The summed E-state index contributed by atoms with van der Waals surface area (Å²) >= 11 is 0. The fourth-order valence-corrected chi connectivity index (χ4v) is 8.77. The first-order valence-electron chi connectivity index (χ1n) is 26.8. The van der Waals surface area contributed by atoms with Crippen molar-refractivity contribution in [3.8, 4) is 0 Å². The van der Waals surface area contributed by atoms with Crippen molar-refractivity contribution in [1.82, 2.24) is 0 Å². The topological polar surface area (TPSA) is 91.3 Å². The number of phosphoric acid groups is 1. The molecule has 9 heteroatoms. The highest BCUT2D eigenvalue weighted by Gasteiger charge is 2.26. The molecule has 0 radical (unpaired) electrons. The van der Waals surface area contributed by atoms with Crippen LogP contribution in [0.25, 0.3) is 0 Å². The summed E-state index contributed by atoms with van der Waals surface area (Å²) in [6, 6.07) is 0. The lowest BCUT2D eigenvalue weighted by molar-refractivity contribution is -0.870. The Morgan fingerprint density at radius 1 is 0.443 bits per heavy atom. The number of hydrogen-bond donors (Lipinski definition) is 1. The molecule has 366 valence electrons. The molecular formula is C52H107NO7P+. The molecule has 0 amide bonds. The average molecular weight is 889 g/mol. The Morgan fingerprint density at radius 3 is 1.08 bits per heavy atom. The first-order chi connectivity index (χ1) is 29.6. The highest BCUT2D eigenvalue weighted by atomic mass is 31.2. The standard InChI is InChI=1S/C52H106NO7P/c1-6-8-10-12-14-16-18-20-22-24-25-26-27-28-29-30-32-34-36-38-40-42-44-47-57-49-51(50-59-61(55,56)58-48-46-53(3,4)5)60-52(54)45-43-41-39-37-35-33-31-23-21-19-17-15-13-11-9-7-2/h51H,6-50H2,1-5H3/p+1. The molecule has 8 nitrogen and oxygen atoms in total. The highest BCUT2D eigenvalue weighted by Crippen LogP contribution is 2.43. The Bertz CT molecular complexity index is 945. The number of carbonyl (C=O) groups excluding carboxylic acids is 1. The third-order valence-corrected chi connectivity index (χ3v) is 13.2. The second kappa shape index (κ2) is 46.0. The van der Waals surface area contributed by atoms with Crippen molar-refractivity contribution in [3.05, 3.63) is 0 Å². The van der Waals surface area contributed by atoms with E-state index in [4.69, 9.17) is 18.5 Å². The molecule has 0 aromatic rings. The summed E-state index contributed by atoms with van der Waals surface area (Å²) in [6.07, 6.45) is 51.5. The number of phosphoric ester groups is 1. The number of hydrogen-bond acceptors (Lipinski definition) is 6. The summed E-state index contributed by atoms with van der Waals surface area (Å²) in [5.74, 6) is -0.305. The second-order valence-electron chi connectivity index (χ2n) is 19.6. The minimum atomic E-state index is -4.27. The van der Waals surface area contributed by atoms with Crippen LogP contribution in [-0.2, 0) is 27.9 Å². The van der Waals surface area contributed by atoms with Gasteiger partial charge in [-0.1, -0.05) is 251 Å². The maximum Gasteiger partial charge on any atom is 0.472 e. The van der Waals surface area contributed by atoms with Gasteiger partial charge in [-0.15, -0.1) is 0 Å². The van der Waals surface area contributed by atoms with Crippen LogP contribution in [0.2, 0.25) is 0 Å². The Hall–Kier alpha value is -0.500. The lowest BCUT2D eigenvalue weighted by Gasteiger charge is -2.24. The van der Waals surface area contributed by atoms with E-state index in [9.17, 15) is 14.3 Å². The Morgan fingerprint density at radius 2 is 0.754 bits per heavy atom. The van der Waals surface area contributed by atoms with Crippen molar-refractivity contribution in [2.45, 2.75) is 277 Å². The van der Waals surface area contributed by atoms with Crippen molar-refractivity contribution in [1.29, 1.82) is 0 Å². The van der Waals surface area contributed by atoms with Gasteiger partial charge in [-0.05, 0) is 12.8 Å². The van der Waals surface area contributed by atoms with Gasteiger partial charge in [-0.2, -0.15) is 0 Å². The van der Waals surface area contributed by atoms with Gasteiger partial charge in [0.15, 0.2) is 0 Å². The van der Waals surface area contributed by atoms with Gasteiger partial charge in [0, 0.05) is 13.0 Å². The van der Waals surface area contributed by atoms with E-state index in [1.807, 2.05) is 21.1 Å². The minimum Gasteiger partial charge on any atom is -0.457 e. The van der Waals surface area contributed by atoms with Gasteiger partial charge in [-0.3, -0.25) is 13.8 Å². The van der Waals surface area contributed by atoms with Crippen LogP contribution < -0.4 is 0 Å². The predicted molar refractivity (Wildman–Crippen MR) is 261 cm³/mol. The molecule has 61 heavy (non-hydrogen) atoms. The second-order valence-corrected chi connectivity index (χ2v) is 21.1. The molecule has 0 saturated carbocycles. The van der Waals surface area contributed by atoms with Gasteiger partial charge in [0.25, 0.3) is 0 Å². The van der Waals surface area contributed by atoms with E-state index < -0.39 is 13.9 Å². The summed E-state index contributed by atoms with van der Waals surface area (Å²) in [5.41, 5.74) is 0. The summed E-state index contributed by atoms with van der Waals surface area (Å²) < 4.78 is 35.2. The fourth-order valence-electron chi connectivity index (χ4n) is 8.03. The van der Waals surface area contributed by atoms with Crippen LogP contribution in [0.4, 0.5) is 0 Å². The predicted octanol–water partition coefficient (Wildman–Crippen LogP) is 16.4. The molecule has 0 aromatic carbocycles. The zero-order chi connectivity index (χ0) is 44.8. The van der Waals surface area contributed by atoms with Crippen LogP contribution >= 0.6 is 7.82 Å². The monoisotopic (exact) mass is 889 g/mol. The number of likely N-dealkylation sites (N-methyl/N-ethyl adjacent to an activating group) is 1. The number of carbonyl (C=O) groups is 1. The van der Waals surface area contributed by atoms with Crippen LogP contribution in [-0.4, -0.2) is 75.6 Å². The molecule has 0 aliphatic rings. The minimum absolute atomic E-state index is 0.0943. The number of unbranched alkanes of at least 4 members (excludes halogenated alkanes) is 37. The van der Waals surface area contributed by atoms with Crippen molar-refractivity contribution < 1.29 is 37.3 Å². The zero-order valence-electron chi connectivity index (χ0n) is 41.7. The molecule has 0 saturated heterocycles. The first kappa shape index (κ1) is 60.5. The molecule has 0 aromatic heterocycles. The number of esters is 1. The van der Waals surface area contributed by atoms with E-state index in [2.05, 4.69) is 13.8 Å². The largest absolute Gasteiger partial charge is 0.472 e. The molecule has 0 spiro atoms. The van der Waals surface area contributed by atoms with E-state index in [-0.39, 0.29) is 25.8 Å².